The number of amides is 1. The zero-order valence-electron chi connectivity index (χ0n) is 9.99. The van der Waals surface area contributed by atoms with Gasteiger partial charge in [-0.15, -0.1) is 0 Å². The summed E-state index contributed by atoms with van der Waals surface area (Å²) in [6.45, 7) is 0.207. The van der Waals surface area contributed by atoms with E-state index in [1.165, 1.54) is 10.7 Å². The van der Waals surface area contributed by atoms with Crippen LogP contribution < -0.4 is 5.32 Å². The second kappa shape index (κ2) is 6.08. The molecule has 0 aliphatic heterocycles. The topological polar surface area (TPSA) is 79.9 Å². The Balaban J connectivity index is 2.61. The molecule has 1 aromatic heterocycles. The van der Waals surface area contributed by atoms with Gasteiger partial charge < -0.3 is 4.74 Å². The van der Waals surface area contributed by atoms with Crippen LogP contribution in [0.5, 0.6) is 0 Å². The average molecular weight is 276 g/mol. The lowest BCUT2D eigenvalue weighted by Gasteiger charge is -2.09. The number of aryl methyl sites for hydroxylation is 2. The summed E-state index contributed by atoms with van der Waals surface area (Å²) in [5.41, 5.74) is 0.559. The second-order valence-electron chi connectivity index (χ2n) is 3.62. The summed E-state index contributed by atoms with van der Waals surface area (Å²) < 4.78 is 40.8. The summed E-state index contributed by atoms with van der Waals surface area (Å²) in [6, 6.07) is 3.36. The first-order valence-corrected chi connectivity index (χ1v) is 5.24. The number of carbonyl (C=O) groups is 1. The van der Waals surface area contributed by atoms with Crippen LogP contribution >= 0.6 is 0 Å². The molecular formula is C10H11F3N4O2. The molecular weight excluding hydrogens is 265 g/mol. The fourth-order valence-electron chi connectivity index (χ4n) is 1.26. The number of carbonyl (C=O) groups excluding carboxylic acids is 1. The van der Waals surface area contributed by atoms with Crippen molar-refractivity contribution in [2.45, 2.75) is 26.1 Å². The van der Waals surface area contributed by atoms with E-state index >= 15 is 0 Å². The van der Waals surface area contributed by atoms with Gasteiger partial charge in [-0.1, -0.05) is 0 Å². The maximum absolute atomic E-state index is 11.8. The van der Waals surface area contributed by atoms with Crippen LogP contribution in [0.2, 0.25) is 0 Å². The standard InChI is InChI=1S/C10H11F3N4O2/c1-7-5-8(17(16-7)4-2-3-14)15-9(18)19-6-10(11,12)13/h5H,2,4,6H2,1H3,(H,15,18). The van der Waals surface area contributed by atoms with Crippen molar-refractivity contribution in [2.24, 2.45) is 0 Å². The summed E-state index contributed by atoms with van der Waals surface area (Å²) in [4.78, 5) is 11.2. The molecule has 0 saturated carbocycles. The molecule has 0 unspecified atom stereocenters. The maximum Gasteiger partial charge on any atom is 0.422 e. The number of nitriles is 1. The number of ether oxygens (including phenoxy) is 1. The largest absolute Gasteiger partial charge is 0.440 e. The van der Waals surface area contributed by atoms with E-state index in [4.69, 9.17) is 5.26 Å². The van der Waals surface area contributed by atoms with Crippen LogP contribution in [-0.4, -0.2) is 28.7 Å². The summed E-state index contributed by atoms with van der Waals surface area (Å²) >= 11 is 0. The normalized spacial score (nSPS) is 10.9. The van der Waals surface area contributed by atoms with Crippen molar-refractivity contribution in [3.63, 3.8) is 0 Å². The van der Waals surface area contributed by atoms with Crippen molar-refractivity contribution < 1.29 is 22.7 Å². The van der Waals surface area contributed by atoms with Gasteiger partial charge in [0, 0.05) is 6.07 Å². The predicted molar refractivity (Wildman–Crippen MR) is 58.2 cm³/mol. The minimum absolute atomic E-state index is 0.160. The molecule has 0 spiro atoms. The maximum atomic E-state index is 11.8. The number of halogens is 3. The van der Waals surface area contributed by atoms with E-state index in [2.05, 4.69) is 15.2 Å². The number of aromatic nitrogens is 2. The first kappa shape index (κ1) is 14.8. The van der Waals surface area contributed by atoms with Crippen molar-refractivity contribution in [3.8, 4) is 6.07 Å². The molecule has 19 heavy (non-hydrogen) atoms. The number of anilines is 1. The Bertz CT molecular complexity index is 490. The number of rotatable bonds is 4. The summed E-state index contributed by atoms with van der Waals surface area (Å²) in [5, 5.41) is 14.6. The summed E-state index contributed by atoms with van der Waals surface area (Å²) in [5.74, 6) is 0.180. The van der Waals surface area contributed by atoms with Gasteiger partial charge in [0.05, 0.1) is 24.7 Å². The van der Waals surface area contributed by atoms with Crippen LogP contribution in [0.3, 0.4) is 0 Å². The van der Waals surface area contributed by atoms with E-state index in [9.17, 15) is 18.0 Å². The molecule has 0 atom stereocenters. The van der Waals surface area contributed by atoms with Crippen molar-refractivity contribution in [1.82, 2.24) is 9.78 Å². The third-order valence-corrected chi connectivity index (χ3v) is 1.93. The predicted octanol–water partition coefficient (Wildman–Crippen LogP) is 2.22. The molecule has 9 heteroatoms. The first-order chi connectivity index (χ1) is 8.81. The molecule has 1 rings (SSSR count). The monoisotopic (exact) mass is 276 g/mol. The number of nitrogens with one attached hydrogen (secondary N) is 1. The average Bonchev–Trinajstić information content (AvgIpc) is 2.63. The van der Waals surface area contributed by atoms with Gasteiger partial charge in [0.15, 0.2) is 6.61 Å². The van der Waals surface area contributed by atoms with E-state index in [0.29, 0.717) is 5.69 Å². The Morgan fingerprint density at radius 1 is 1.63 bits per heavy atom. The molecule has 6 nitrogen and oxygen atoms in total. The molecule has 0 saturated heterocycles. The molecule has 0 bridgehead atoms. The van der Waals surface area contributed by atoms with Gasteiger partial charge in [-0.2, -0.15) is 23.5 Å². The Morgan fingerprint density at radius 2 is 2.32 bits per heavy atom. The minimum atomic E-state index is -4.58. The highest BCUT2D eigenvalue weighted by molar-refractivity contribution is 5.83. The van der Waals surface area contributed by atoms with Gasteiger partial charge in [0.25, 0.3) is 0 Å². The van der Waals surface area contributed by atoms with Crippen molar-refractivity contribution in [1.29, 1.82) is 5.26 Å². The second-order valence-corrected chi connectivity index (χ2v) is 3.62. The van der Waals surface area contributed by atoms with Crippen LogP contribution in [-0.2, 0) is 11.3 Å². The molecule has 104 valence electrons. The van der Waals surface area contributed by atoms with Crippen LogP contribution in [0.4, 0.5) is 23.8 Å². The number of nitrogens with zero attached hydrogens (tertiary/aromatic N) is 3. The quantitative estimate of drug-likeness (QED) is 0.914. The van der Waals surface area contributed by atoms with E-state index in [0.717, 1.165) is 0 Å². The van der Waals surface area contributed by atoms with Crippen LogP contribution in [0, 0.1) is 18.3 Å². The lowest BCUT2D eigenvalue weighted by molar-refractivity contribution is -0.159. The number of hydrogen-bond acceptors (Lipinski definition) is 4. The molecule has 1 heterocycles. The first-order valence-electron chi connectivity index (χ1n) is 5.24. The highest BCUT2D eigenvalue weighted by atomic mass is 19.4. The lowest BCUT2D eigenvalue weighted by atomic mass is 10.4. The van der Waals surface area contributed by atoms with E-state index in [1.54, 1.807) is 6.92 Å². The smallest absolute Gasteiger partial charge is 0.422 e. The Kier molecular flexibility index (Phi) is 4.74. The van der Waals surface area contributed by atoms with Crippen LogP contribution in [0.15, 0.2) is 6.07 Å². The Labute approximate surface area is 106 Å². The van der Waals surface area contributed by atoms with Gasteiger partial charge in [-0.05, 0) is 6.92 Å². The minimum Gasteiger partial charge on any atom is -0.440 e. The zero-order chi connectivity index (χ0) is 14.5. The van der Waals surface area contributed by atoms with Crippen molar-refractivity contribution in [2.75, 3.05) is 11.9 Å². The van der Waals surface area contributed by atoms with E-state index in [1.807, 2.05) is 6.07 Å². The van der Waals surface area contributed by atoms with Crippen molar-refractivity contribution >= 4 is 11.9 Å². The Morgan fingerprint density at radius 3 is 2.89 bits per heavy atom. The fraction of sp³-hybridized carbons (Fsp3) is 0.500. The summed E-state index contributed by atoms with van der Waals surface area (Å²) in [6.07, 6.45) is -5.64. The van der Waals surface area contributed by atoms with Crippen LogP contribution in [0.25, 0.3) is 0 Å². The van der Waals surface area contributed by atoms with Gasteiger partial charge in [-0.25, -0.2) is 9.48 Å². The van der Waals surface area contributed by atoms with E-state index in [-0.39, 0.29) is 18.8 Å². The molecule has 0 radical (unpaired) electrons. The number of alkyl halides is 3. The molecule has 0 fully saturated rings. The molecule has 1 amide bonds. The van der Waals surface area contributed by atoms with Gasteiger partial charge in [-0.3, -0.25) is 5.32 Å². The van der Waals surface area contributed by atoms with E-state index < -0.39 is 18.9 Å². The highest BCUT2D eigenvalue weighted by Crippen LogP contribution is 2.16. The highest BCUT2D eigenvalue weighted by Gasteiger charge is 2.29. The SMILES string of the molecule is Cc1cc(NC(=O)OCC(F)(F)F)n(CCC#N)n1. The lowest BCUT2D eigenvalue weighted by Crippen LogP contribution is -2.24. The molecule has 0 aromatic carbocycles. The molecule has 0 aliphatic carbocycles. The van der Waals surface area contributed by atoms with Crippen molar-refractivity contribution in [3.05, 3.63) is 11.8 Å². The molecule has 0 aliphatic rings. The number of hydrogen-bond donors (Lipinski definition) is 1. The fourth-order valence-corrected chi connectivity index (χ4v) is 1.26. The third-order valence-electron chi connectivity index (χ3n) is 1.93. The van der Waals surface area contributed by atoms with Gasteiger partial charge in [0.1, 0.15) is 5.82 Å². The zero-order valence-corrected chi connectivity index (χ0v) is 9.99. The van der Waals surface area contributed by atoms with Crippen LogP contribution in [0.1, 0.15) is 12.1 Å². The third kappa shape index (κ3) is 5.29. The Hall–Kier alpha value is -2.24. The van der Waals surface area contributed by atoms with Gasteiger partial charge >= 0.3 is 12.3 Å². The summed E-state index contributed by atoms with van der Waals surface area (Å²) in [7, 11) is 0. The molecule has 1 N–H and O–H groups in total. The molecule has 1 aromatic rings. The van der Waals surface area contributed by atoms with Gasteiger partial charge in [0.2, 0.25) is 0 Å².